The van der Waals surface area contributed by atoms with Crippen LogP contribution in [0.2, 0.25) is 0 Å². The van der Waals surface area contributed by atoms with Crippen LogP contribution in [0, 0.1) is 0 Å². The van der Waals surface area contributed by atoms with Gasteiger partial charge in [0.05, 0.1) is 0 Å². The Labute approximate surface area is 126 Å². The molecule has 0 aromatic heterocycles. The van der Waals surface area contributed by atoms with Crippen LogP contribution < -0.4 is 5.73 Å². The molecule has 0 aliphatic carbocycles. The van der Waals surface area contributed by atoms with Crippen molar-refractivity contribution in [2.75, 3.05) is 0 Å². The van der Waals surface area contributed by atoms with E-state index in [1.165, 1.54) is 56.9 Å². The molecule has 1 nitrogen and oxygen atoms in total. The van der Waals surface area contributed by atoms with Gasteiger partial charge in [-0.05, 0) is 24.3 Å². The van der Waals surface area contributed by atoms with Gasteiger partial charge in [0.1, 0.15) is 0 Å². The maximum absolute atomic E-state index is 6.42. The third kappa shape index (κ3) is 6.56. The summed E-state index contributed by atoms with van der Waals surface area (Å²) in [6, 6.07) is 11.1. The molecule has 2 N–H and O–H groups in total. The molecule has 0 spiro atoms. The molecule has 0 fully saturated rings. The van der Waals surface area contributed by atoms with Crippen molar-refractivity contribution in [2.24, 2.45) is 5.73 Å². The zero-order chi connectivity index (χ0) is 14.6. The molecule has 0 aliphatic heterocycles. The maximum atomic E-state index is 6.42. The molecule has 0 heterocycles. The minimum atomic E-state index is 0.318. The SMILES string of the molecule is CCCCCCCCCC(N)C(CC)c1ccccc1. The van der Waals surface area contributed by atoms with Crippen molar-refractivity contribution in [3.63, 3.8) is 0 Å². The largest absolute Gasteiger partial charge is 0.327 e. The van der Waals surface area contributed by atoms with Crippen molar-refractivity contribution in [3.8, 4) is 0 Å². The molecule has 0 amide bonds. The highest BCUT2D eigenvalue weighted by molar-refractivity contribution is 5.20. The van der Waals surface area contributed by atoms with Crippen molar-refractivity contribution in [3.05, 3.63) is 35.9 Å². The van der Waals surface area contributed by atoms with Crippen molar-refractivity contribution >= 4 is 0 Å². The van der Waals surface area contributed by atoms with Crippen LogP contribution in [0.25, 0.3) is 0 Å². The molecular formula is C19H33N. The van der Waals surface area contributed by atoms with E-state index in [-0.39, 0.29) is 0 Å². The van der Waals surface area contributed by atoms with Crippen LogP contribution >= 0.6 is 0 Å². The lowest BCUT2D eigenvalue weighted by Crippen LogP contribution is -2.28. The van der Waals surface area contributed by atoms with E-state index >= 15 is 0 Å². The molecule has 1 heteroatoms. The van der Waals surface area contributed by atoms with Crippen molar-refractivity contribution in [1.29, 1.82) is 0 Å². The minimum Gasteiger partial charge on any atom is -0.327 e. The smallest absolute Gasteiger partial charge is 0.0108 e. The fraction of sp³-hybridized carbons (Fsp3) is 0.684. The van der Waals surface area contributed by atoms with Gasteiger partial charge < -0.3 is 5.73 Å². The molecular weight excluding hydrogens is 242 g/mol. The van der Waals surface area contributed by atoms with E-state index in [4.69, 9.17) is 5.73 Å². The molecule has 0 saturated heterocycles. The molecule has 20 heavy (non-hydrogen) atoms. The number of nitrogens with two attached hydrogens (primary N) is 1. The van der Waals surface area contributed by atoms with Gasteiger partial charge in [0.25, 0.3) is 0 Å². The third-order valence-corrected chi connectivity index (χ3v) is 4.33. The van der Waals surface area contributed by atoms with E-state index in [0.29, 0.717) is 12.0 Å². The first-order valence-electron chi connectivity index (χ1n) is 8.60. The van der Waals surface area contributed by atoms with Gasteiger partial charge in [-0.25, -0.2) is 0 Å². The first-order valence-corrected chi connectivity index (χ1v) is 8.60. The summed E-state index contributed by atoms with van der Waals surface area (Å²) in [5.41, 5.74) is 7.83. The summed E-state index contributed by atoms with van der Waals surface area (Å²) in [5, 5.41) is 0. The van der Waals surface area contributed by atoms with E-state index < -0.39 is 0 Å². The number of unbranched alkanes of at least 4 members (excludes halogenated alkanes) is 6. The number of benzene rings is 1. The number of rotatable bonds is 11. The van der Waals surface area contributed by atoms with E-state index in [9.17, 15) is 0 Å². The third-order valence-electron chi connectivity index (χ3n) is 4.33. The lowest BCUT2D eigenvalue weighted by atomic mass is 9.87. The average Bonchev–Trinajstić information content (AvgIpc) is 2.48. The summed E-state index contributed by atoms with van der Waals surface area (Å²) in [5.74, 6) is 0.524. The molecule has 1 aromatic carbocycles. The second-order valence-corrected chi connectivity index (χ2v) is 6.00. The molecule has 114 valence electrons. The van der Waals surface area contributed by atoms with Gasteiger partial charge in [-0.3, -0.25) is 0 Å². The highest BCUT2D eigenvalue weighted by Gasteiger charge is 2.17. The molecule has 0 saturated carbocycles. The van der Waals surface area contributed by atoms with Crippen LogP contribution in [0.5, 0.6) is 0 Å². The number of hydrogen-bond donors (Lipinski definition) is 1. The Morgan fingerprint density at radius 3 is 2.05 bits per heavy atom. The Morgan fingerprint density at radius 1 is 0.850 bits per heavy atom. The highest BCUT2D eigenvalue weighted by Crippen LogP contribution is 2.25. The zero-order valence-corrected chi connectivity index (χ0v) is 13.5. The van der Waals surface area contributed by atoms with Gasteiger partial charge in [0.2, 0.25) is 0 Å². The average molecular weight is 275 g/mol. The quantitative estimate of drug-likeness (QED) is 0.519. The Kier molecular flexibility index (Phi) is 9.40. The molecule has 1 aromatic rings. The molecule has 1 rings (SSSR count). The molecule has 2 unspecified atom stereocenters. The Balaban J connectivity index is 2.22. The number of hydrogen-bond acceptors (Lipinski definition) is 1. The Morgan fingerprint density at radius 2 is 1.45 bits per heavy atom. The fourth-order valence-corrected chi connectivity index (χ4v) is 3.02. The van der Waals surface area contributed by atoms with E-state index in [0.717, 1.165) is 6.42 Å². The van der Waals surface area contributed by atoms with Crippen molar-refractivity contribution in [2.45, 2.75) is 83.6 Å². The second-order valence-electron chi connectivity index (χ2n) is 6.00. The summed E-state index contributed by atoms with van der Waals surface area (Å²) < 4.78 is 0. The predicted molar refractivity (Wildman–Crippen MR) is 90.1 cm³/mol. The van der Waals surface area contributed by atoms with Crippen LogP contribution in [0.3, 0.4) is 0 Å². The monoisotopic (exact) mass is 275 g/mol. The maximum Gasteiger partial charge on any atom is 0.0108 e. The van der Waals surface area contributed by atoms with Crippen LogP contribution in [0.4, 0.5) is 0 Å². The normalized spacial score (nSPS) is 14.2. The van der Waals surface area contributed by atoms with E-state index in [2.05, 4.69) is 44.2 Å². The first kappa shape index (κ1) is 17.2. The summed E-state index contributed by atoms with van der Waals surface area (Å²) in [4.78, 5) is 0. The summed E-state index contributed by atoms with van der Waals surface area (Å²) in [7, 11) is 0. The standard InChI is InChI=1S/C19H33N/c1-3-5-6-7-8-9-13-16-19(20)18(4-2)17-14-11-10-12-15-17/h10-12,14-15,18-19H,3-9,13,16,20H2,1-2H3. The summed E-state index contributed by atoms with van der Waals surface area (Å²) >= 11 is 0. The first-order chi connectivity index (χ1) is 9.79. The summed E-state index contributed by atoms with van der Waals surface area (Å²) in [6.45, 7) is 4.52. The fourth-order valence-electron chi connectivity index (χ4n) is 3.02. The van der Waals surface area contributed by atoms with E-state index in [1.807, 2.05) is 0 Å². The molecule has 2 atom stereocenters. The molecule has 0 aliphatic rings. The van der Waals surface area contributed by atoms with Crippen LogP contribution in [-0.4, -0.2) is 6.04 Å². The molecule has 0 bridgehead atoms. The van der Waals surface area contributed by atoms with Gasteiger partial charge in [0.15, 0.2) is 0 Å². The van der Waals surface area contributed by atoms with Crippen molar-refractivity contribution in [1.82, 2.24) is 0 Å². The van der Waals surface area contributed by atoms with E-state index in [1.54, 1.807) is 0 Å². The van der Waals surface area contributed by atoms with Crippen LogP contribution in [-0.2, 0) is 0 Å². The van der Waals surface area contributed by atoms with Crippen molar-refractivity contribution < 1.29 is 0 Å². The van der Waals surface area contributed by atoms with Crippen LogP contribution in [0.15, 0.2) is 30.3 Å². The lowest BCUT2D eigenvalue weighted by molar-refractivity contribution is 0.458. The lowest BCUT2D eigenvalue weighted by Gasteiger charge is -2.23. The Bertz CT molecular complexity index is 320. The van der Waals surface area contributed by atoms with Gasteiger partial charge >= 0.3 is 0 Å². The van der Waals surface area contributed by atoms with Gasteiger partial charge in [-0.2, -0.15) is 0 Å². The predicted octanol–water partition coefficient (Wildman–Crippen LogP) is 5.65. The summed E-state index contributed by atoms with van der Waals surface area (Å²) in [6.07, 6.45) is 11.9. The topological polar surface area (TPSA) is 26.0 Å². The minimum absolute atomic E-state index is 0.318. The van der Waals surface area contributed by atoms with Gasteiger partial charge in [0, 0.05) is 6.04 Å². The Hall–Kier alpha value is -0.820. The van der Waals surface area contributed by atoms with Gasteiger partial charge in [-0.15, -0.1) is 0 Å². The second kappa shape index (κ2) is 10.9. The van der Waals surface area contributed by atoms with Crippen LogP contribution in [0.1, 0.15) is 83.1 Å². The highest BCUT2D eigenvalue weighted by atomic mass is 14.6. The van der Waals surface area contributed by atoms with Gasteiger partial charge in [-0.1, -0.05) is 89.1 Å². The molecule has 0 radical (unpaired) electrons. The zero-order valence-electron chi connectivity index (χ0n) is 13.5.